The summed E-state index contributed by atoms with van der Waals surface area (Å²) < 4.78 is 23.7. The number of para-hydroxylation sites is 1. The Bertz CT molecular complexity index is 1230. The summed E-state index contributed by atoms with van der Waals surface area (Å²) in [6.07, 6.45) is 0.411. The second kappa shape index (κ2) is 12.5. The minimum absolute atomic E-state index is 0.0846. The van der Waals surface area contributed by atoms with Gasteiger partial charge in [-0.3, -0.25) is 9.59 Å². The number of hydrogen-bond donors (Lipinski definition) is 3. The topological polar surface area (TPSA) is 127 Å². The number of aliphatic hydroxyl groups is 2. The van der Waals surface area contributed by atoms with Crippen molar-refractivity contribution >= 4 is 34.4 Å². The Morgan fingerprint density at radius 2 is 1.97 bits per heavy atom. The highest BCUT2D eigenvalue weighted by atomic mass is 127. The van der Waals surface area contributed by atoms with E-state index in [2.05, 4.69) is 27.9 Å². The molecule has 5 rings (SSSR count). The summed E-state index contributed by atoms with van der Waals surface area (Å²) >= 11 is 2.15. The van der Waals surface area contributed by atoms with E-state index in [-0.39, 0.29) is 44.7 Å². The molecule has 3 aliphatic rings. The molecule has 1 fully saturated rings. The number of aliphatic hydroxyl groups excluding tert-OH is 2. The molecule has 2 aliphatic heterocycles. The molecule has 0 aromatic heterocycles. The first kappa shape index (κ1) is 27.7. The van der Waals surface area contributed by atoms with Crippen LogP contribution in [0.25, 0.3) is 0 Å². The number of hydrogen-bond acceptors (Lipinski definition) is 8. The maximum absolute atomic E-state index is 13.8. The van der Waals surface area contributed by atoms with Gasteiger partial charge in [-0.1, -0.05) is 18.2 Å². The van der Waals surface area contributed by atoms with Gasteiger partial charge in [0.05, 0.1) is 16.2 Å². The van der Waals surface area contributed by atoms with Crippen molar-refractivity contribution in [1.82, 2.24) is 10.2 Å². The minimum Gasteiger partial charge on any atom is -0.482 e. The van der Waals surface area contributed by atoms with Crippen LogP contribution in [0.15, 0.2) is 54.1 Å². The number of nitrogens with one attached hydrogen (secondary N) is 1. The minimum atomic E-state index is -1.13. The maximum atomic E-state index is 13.8. The molecule has 10 nitrogen and oxygen atoms in total. The summed E-state index contributed by atoms with van der Waals surface area (Å²) in [6, 6.07) is 12.1. The number of amides is 2. The third-order valence-corrected chi connectivity index (χ3v) is 7.88. The monoisotopic (exact) mass is 650 g/mol. The highest BCUT2D eigenvalue weighted by molar-refractivity contribution is 14.1. The zero-order valence-electron chi connectivity index (χ0n) is 21.3. The van der Waals surface area contributed by atoms with Gasteiger partial charge in [-0.05, 0) is 71.3 Å². The Morgan fingerprint density at radius 1 is 1.15 bits per heavy atom. The van der Waals surface area contributed by atoms with Crippen molar-refractivity contribution in [2.24, 2.45) is 0 Å². The lowest BCUT2D eigenvalue weighted by Gasteiger charge is -2.41. The highest BCUT2D eigenvalue weighted by Crippen LogP contribution is 2.35. The maximum Gasteiger partial charge on any atom is 0.252 e. The molecule has 3 N–H and O–H groups in total. The van der Waals surface area contributed by atoms with Crippen LogP contribution in [0.2, 0.25) is 0 Å². The molecule has 208 valence electrons. The second-order valence-electron chi connectivity index (χ2n) is 9.60. The van der Waals surface area contributed by atoms with Gasteiger partial charge >= 0.3 is 0 Å². The van der Waals surface area contributed by atoms with Crippen LogP contribution < -0.4 is 19.5 Å². The first-order chi connectivity index (χ1) is 18.9. The molecule has 0 bridgehead atoms. The van der Waals surface area contributed by atoms with Gasteiger partial charge in [0, 0.05) is 31.7 Å². The van der Waals surface area contributed by atoms with Crippen LogP contribution in [-0.2, 0) is 20.9 Å². The van der Waals surface area contributed by atoms with Gasteiger partial charge in [0.1, 0.15) is 24.1 Å². The van der Waals surface area contributed by atoms with E-state index >= 15 is 0 Å². The summed E-state index contributed by atoms with van der Waals surface area (Å²) in [7, 11) is 0. The van der Waals surface area contributed by atoms with E-state index < -0.39 is 24.4 Å². The number of halogens is 1. The summed E-state index contributed by atoms with van der Waals surface area (Å²) in [4.78, 5) is 28.5. The van der Waals surface area contributed by atoms with Crippen LogP contribution in [0.3, 0.4) is 0 Å². The number of benzene rings is 2. The molecule has 0 saturated carbocycles. The van der Waals surface area contributed by atoms with Crippen molar-refractivity contribution in [3.63, 3.8) is 0 Å². The van der Waals surface area contributed by atoms with Gasteiger partial charge in [-0.15, -0.1) is 0 Å². The third-order valence-electron chi connectivity index (χ3n) is 6.99. The molecule has 0 radical (unpaired) electrons. The Hall–Kier alpha value is -2.87. The van der Waals surface area contributed by atoms with Crippen LogP contribution in [0, 0.1) is 3.57 Å². The largest absolute Gasteiger partial charge is 0.482 e. The van der Waals surface area contributed by atoms with Gasteiger partial charge in [0.25, 0.3) is 5.91 Å². The highest BCUT2D eigenvalue weighted by Gasteiger charge is 2.42. The number of ether oxygens (including phenoxy) is 4. The molecule has 2 amide bonds. The normalized spacial score (nSPS) is 23.7. The van der Waals surface area contributed by atoms with Gasteiger partial charge in [0.15, 0.2) is 11.5 Å². The zero-order valence-corrected chi connectivity index (χ0v) is 23.4. The van der Waals surface area contributed by atoms with Crippen molar-refractivity contribution in [3.8, 4) is 17.2 Å². The molecule has 4 unspecified atom stereocenters. The summed E-state index contributed by atoms with van der Waals surface area (Å²) in [5.41, 5.74) is 1.15. The number of rotatable bonds is 9. The van der Waals surface area contributed by atoms with Crippen molar-refractivity contribution in [1.29, 1.82) is 0 Å². The van der Waals surface area contributed by atoms with E-state index in [0.717, 1.165) is 15.6 Å². The van der Waals surface area contributed by atoms with E-state index in [9.17, 15) is 19.8 Å². The molecule has 2 aromatic rings. The van der Waals surface area contributed by atoms with Crippen LogP contribution in [0.5, 0.6) is 17.2 Å². The van der Waals surface area contributed by atoms with Crippen LogP contribution in [-0.4, -0.2) is 77.8 Å². The van der Waals surface area contributed by atoms with E-state index in [0.29, 0.717) is 35.8 Å². The Balaban J connectivity index is 1.48. The number of carbonyl (C=O) groups is 2. The van der Waals surface area contributed by atoms with Crippen molar-refractivity contribution in [3.05, 3.63) is 63.2 Å². The molecule has 2 aromatic carbocycles. The molecule has 39 heavy (non-hydrogen) atoms. The molecule has 11 heteroatoms. The predicted molar refractivity (Wildman–Crippen MR) is 148 cm³/mol. The van der Waals surface area contributed by atoms with Gasteiger partial charge in [0.2, 0.25) is 12.7 Å². The zero-order chi connectivity index (χ0) is 27.4. The lowest BCUT2D eigenvalue weighted by Crippen LogP contribution is -2.56. The average molecular weight is 650 g/mol. The van der Waals surface area contributed by atoms with Crippen LogP contribution in [0.1, 0.15) is 24.8 Å². The predicted octanol–water partition coefficient (Wildman–Crippen LogP) is 2.14. The van der Waals surface area contributed by atoms with E-state index in [1.165, 1.54) is 0 Å². The summed E-state index contributed by atoms with van der Waals surface area (Å²) in [6.45, 7) is 0.669. The first-order valence-corrected chi connectivity index (χ1v) is 14.0. The SMILES string of the molecule is O=C(NCCO)C1=CC(Oc2ccccc2I)C(O)C(N(Cc2ccc3c(c2)OCO3)C(=O)C2CCCO2)C1. The summed E-state index contributed by atoms with van der Waals surface area (Å²) in [5.74, 6) is 1.14. The van der Waals surface area contributed by atoms with Crippen LogP contribution in [0.4, 0.5) is 0 Å². The van der Waals surface area contributed by atoms with E-state index in [1.54, 1.807) is 23.1 Å². The number of carbonyl (C=O) groups excluding carboxylic acids is 2. The Labute approximate surface area is 240 Å². The van der Waals surface area contributed by atoms with Gasteiger partial charge < -0.3 is 39.4 Å². The standard InChI is InChI=1S/C28H31IN2O8/c29-19-4-1-2-5-21(19)39-25-14-18(27(34)30-9-10-32)13-20(26(25)33)31(28(35)23-6-3-11-36-23)15-17-7-8-22-24(12-17)38-16-37-22/h1-2,4-5,7-8,12,14,20,23,25-26,32-33H,3,6,9-11,13,15-16H2,(H,30,34). The molecular weight excluding hydrogens is 619 g/mol. The fraction of sp³-hybridized carbons (Fsp3) is 0.429. The molecule has 2 heterocycles. The van der Waals surface area contributed by atoms with Crippen molar-refractivity contribution in [2.75, 3.05) is 26.6 Å². The number of fused-ring (bicyclic) bond motifs is 1. The molecular formula is C28H31IN2O8. The van der Waals surface area contributed by atoms with Crippen molar-refractivity contribution in [2.45, 2.75) is 50.2 Å². The first-order valence-electron chi connectivity index (χ1n) is 12.9. The van der Waals surface area contributed by atoms with E-state index in [4.69, 9.17) is 18.9 Å². The Morgan fingerprint density at radius 3 is 2.74 bits per heavy atom. The van der Waals surface area contributed by atoms with Crippen LogP contribution >= 0.6 is 22.6 Å². The lowest BCUT2D eigenvalue weighted by molar-refractivity contribution is -0.149. The van der Waals surface area contributed by atoms with Crippen molar-refractivity contribution < 1.29 is 38.7 Å². The average Bonchev–Trinajstić information content (AvgIpc) is 3.65. The van der Waals surface area contributed by atoms with Gasteiger partial charge in [-0.2, -0.15) is 0 Å². The fourth-order valence-electron chi connectivity index (χ4n) is 5.02. The fourth-order valence-corrected chi connectivity index (χ4v) is 5.53. The second-order valence-corrected chi connectivity index (χ2v) is 10.8. The quantitative estimate of drug-likeness (QED) is 0.353. The lowest BCUT2D eigenvalue weighted by atomic mass is 9.87. The molecule has 1 aliphatic carbocycles. The Kier molecular flexibility index (Phi) is 8.90. The smallest absolute Gasteiger partial charge is 0.252 e. The number of nitrogens with zero attached hydrogens (tertiary/aromatic N) is 1. The third kappa shape index (κ3) is 6.32. The van der Waals surface area contributed by atoms with E-state index in [1.807, 2.05) is 30.3 Å². The molecule has 4 atom stereocenters. The summed E-state index contributed by atoms with van der Waals surface area (Å²) in [5, 5.41) is 23.5. The van der Waals surface area contributed by atoms with Gasteiger partial charge in [-0.25, -0.2) is 0 Å². The molecule has 0 spiro atoms. The molecule has 1 saturated heterocycles.